The molecule has 2 aliphatic rings. The number of rotatable bonds is 3. The zero-order chi connectivity index (χ0) is 15.7. The lowest BCUT2D eigenvalue weighted by Crippen LogP contribution is -2.44. The van der Waals surface area contributed by atoms with E-state index >= 15 is 0 Å². The highest BCUT2D eigenvalue weighted by Crippen LogP contribution is 2.43. The minimum atomic E-state index is -0.288. The number of nitrogens with zero attached hydrogens (tertiary/aromatic N) is 2. The van der Waals surface area contributed by atoms with Crippen LogP contribution in [0.2, 0.25) is 0 Å². The van der Waals surface area contributed by atoms with Crippen molar-refractivity contribution in [2.24, 2.45) is 0 Å². The van der Waals surface area contributed by atoms with Gasteiger partial charge in [-0.1, -0.05) is 43.2 Å². The highest BCUT2D eigenvalue weighted by Gasteiger charge is 2.46. The summed E-state index contributed by atoms with van der Waals surface area (Å²) in [5.41, 5.74) is 2.07. The molecule has 4 nitrogen and oxygen atoms in total. The van der Waals surface area contributed by atoms with Crippen LogP contribution in [-0.2, 0) is 10.2 Å². The van der Waals surface area contributed by atoms with Gasteiger partial charge in [0.1, 0.15) is 0 Å². The summed E-state index contributed by atoms with van der Waals surface area (Å²) in [4.78, 5) is 15.5. The molecule has 0 radical (unpaired) electrons. The van der Waals surface area contributed by atoms with Gasteiger partial charge in [0.15, 0.2) is 0 Å². The summed E-state index contributed by atoms with van der Waals surface area (Å²) in [6.07, 6.45) is 7.10. The van der Waals surface area contributed by atoms with Crippen LogP contribution in [0.5, 0.6) is 0 Å². The highest BCUT2D eigenvalue weighted by molar-refractivity contribution is 5.89. The lowest BCUT2D eigenvalue weighted by molar-refractivity contribution is -0.136. The lowest BCUT2D eigenvalue weighted by Gasteiger charge is -2.33. The Morgan fingerprint density at radius 1 is 1.17 bits per heavy atom. The molecule has 1 amide bonds. The van der Waals surface area contributed by atoms with E-state index < -0.39 is 0 Å². The SMILES string of the molecule is O=C(N1CCC(c2ccn[nH]2)C1)C1(c2ccccc2)CCCC1. The zero-order valence-electron chi connectivity index (χ0n) is 13.4. The molecule has 2 heterocycles. The van der Waals surface area contributed by atoms with Gasteiger partial charge in [-0.2, -0.15) is 5.10 Å². The maximum absolute atomic E-state index is 13.4. The molecular weight excluding hydrogens is 286 g/mol. The van der Waals surface area contributed by atoms with Crippen LogP contribution >= 0.6 is 0 Å². The van der Waals surface area contributed by atoms with E-state index in [-0.39, 0.29) is 5.41 Å². The minimum absolute atomic E-state index is 0.288. The van der Waals surface area contributed by atoms with Crippen molar-refractivity contribution >= 4 is 5.91 Å². The third-order valence-corrected chi connectivity index (χ3v) is 5.63. The van der Waals surface area contributed by atoms with Gasteiger partial charge in [0.25, 0.3) is 0 Å². The van der Waals surface area contributed by atoms with Crippen molar-refractivity contribution in [2.45, 2.75) is 43.4 Å². The molecule has 0 bridgehead atoms. The number of amides is 1. The Bertz CT molecular complexity index is 659. The van der Waals surface area contributed by atoms with E-state index in [0.29, 0.717) is 11.8 Å². The number of hydrogen-bond acceptors (Lipinski definition) is 2. The van der Waals surface area contributed by atoms with Crippen LogP contribution in [0.4, 0.5) is 0 Å². The molecule has 1 saturated carbocycles. The third-order valence-electron chi connectivity index (χ3n) is 5.63. The van der Waals surface area contributed by atoms with Gasteiger partial charge < -0.3 is 4.90 Å². The average Bonchev–Trinajstić information content (AvgIpc) is 3.35. The number of carbonyl (C=O) groups is 1. The Kier molecular flexibility index (Phi) is 3.68. The molecule has 4 rings (SSSR count). The number of benzene rings is 1. The predicted molar refractivity (Wildman–Crippen MR) is 89.1 cm³/mol. The van der Waals surface area contributed by atoms with E-state index in [0.717, 1.165) is 50.9 Å². The quantitative estimate of drug-likeness (QED) is 0.946. The van der Waals surface area contributed by atoms with Gasteiger partial charge in [-0.25, -0.2) is 0 Å². The summed E-state index contributed by atoms with van der Waals surface area (Å²) in [5, 5.41) is 7.11. The molecule has 0 spiro atoms. The summed E-state index contributed by atoms with van der Waals surface area (Å²) in [5.74, 6) is 0.735. The second kappa shape index (κ2) is 5.84. The number of hydrogen-bond donors (Lipinski definition) is 1. The van der Waals surface area contributed by atoms with Crippen LogP contribution in [0.25, 0.3) is 0 Å². The largest absolute Gasteiger partial charge is 0.341 e. The fraction of sp³-hybridized carbons (Fsp3) is 0.474. The van der Waals surface area contributed by atoms with Crippen molar-refractivity contribution in [2.75, 3.05) is 13.1 Å². The van der Waals surface area contributed by atoms with Gasteiger partial charge in [-0.15, -0.1) is 0 Å². The predicted octanol–water partition coefficient (Wildman–Crippen LogP) is 3.24. The molecule has 4 heteroatoms. The van der Waals surface area contributed by atoms with Crippen LogP contribution in [-0.4, -0.2) is 34.1 Å². The third kappa shape index (κ3) is 2.46. The van der Waals surface area contributed by atoms with Crippen LogP contribution in [0.1, 0.15) is 49.3 Å². The van der Waals surface area contributed by atoms with Crippen molar-refractivity contribution in [3.05, 3.63) is 53.9 Å². The number of H-pyrrole nitrogens is 1. The second-order valence-electron chi connectivity index (χ2n) is 6.90. The van der Waals surface area contributed by atoms with Crippen molar-refractivity contribution in [1.29, 1.82) is 0 Å². The van der Waals surface area contributed by atoms with Gasteiger partial charge in [-0.3, -0.25) is 9.89 Å². The molecule has 1 aromatic carbocycles. The van der Waals surface area contributed by atoms with Crippen molar-refractivity contribution in [3.8, 4) is 0 Å². The van der Waals surface area contributed by atoms with Gasteiger partial charge >= 0.3 is 0 Å². The molecule has 120 valence electrons. The van der Waals surface area contributed by atoms with Crippen LogP contribution in [0.3, 0.4) is 0 Å². The first kappa shape index (κ1) is 14.5. The summed E-state index contributed by atoms with van der Waals surface area (Å²) in [6.45, 7) is 1.67. The molecule has 2 aromatic rings. The number of carbonyl (C=O) groups excluding carboxylic acids is 1. The standard InChI is InChI=1S/C19H23N3O/c23-18(22-13-9-15(14-22)17-8-12-20-21-17)19(10-4-5-11-19)16-6-2-1-3-7-16/h1-3,6-8,12,15H,4-5,9-11,13-14H2,(H,20,21). The van der Waals surface area contributed by atoms with Gasteiger partial charge in [0.05, 0.1) is 5.41 Å². The van der Waals surface area contributed by atoms with Crippen molar-refractivity contribution in [3.63, 3.8) is 0 Å². The van der Waals surface area contributed by atoms with Crippen LogP contribution in [0.15, 0.2) is 42.6 Å². The molecule has 1 aliphatic heterocycles. The summed E-state index contributed by atoms with van der Waals surface area (Å²) in [6, 6.07) is 12.4. The summed E-state index contributed by atoms with van der Waals surface area (Å²) in [7, 11) is 0. The van der Waals surface area contributed by atoms with Gasteiger partial charge in [0, 0.05) is 30.9 Å². The van der Waals surface area contributed by atoms with Crippen LogP contribution in [0, 0.1) is 0 Å². The van der Waals surface area contributed by atoms with E-state index in [9.17, 15) is 4.79 Å². The number of likely N-dealkylation sites (tertiary alicyclic amines) is 1. The first-order valence-corrected chi connectivity index (χ1v) is 8.64. The first-order valence-electron chi connectivity index (χ1n) is 8.64. The lowest BCUT2D eigenvalue weighted by atomic mass is 9.77. The van der Waals surface area contributed by atoms with E-state index in [1.807, 2.05) is 12.1 Å². The molecule has 23 heavy (non-hydrogen) atoms. The molecular formula is C19H23N3O. The number of aromatic nitrogens is 2. The Morgan fingerprint density at radius 2 is 1.96 bits per heavy atom. The first-order chi connectivity index (χ1) is 11.3. The highest BCUT2D eigenvalue weighted by atomic mass is 16.2. The Balaban J connectivity index is 1.57. The fourth-order valence-corrected chi connectivity index (χ4v) is 4.36. The van der Waals surface area contributed by atoms with Crippen molar-refractivity contribution < 1.29 is 4.79 Å². The van der Waals surface area contributed by atoms with E-state index in [4.69, 9.17) is 0 Å². The monoisotopic (exact) mass is 309 g/mol. The van der Waals surface area contributed by atoms with E-state index in [1.165, 1.54) is 5.56 Å². The molecule has 1 aromatic heterocycles. The normalized spacial score (nSPS) is 23.3. The van der Waals surface area contributed by atoms with Crippen LogP contribution < -0.4 is 0 Å². The molecule has 1 unspecified atom stereocenters. The zero-order valence-corrected chi connectivity index (χ0v) is 13.4. The Hall–Kier alpha value is -2.10. The van der Waals surface area contributed by atoms with Gasteiger partial charge in [-0.05, 0) is 30.9 Å². The number of aromatic amines is 1. The maximum atomic E-state index is 13.4. The Labute approximate surface area is 136 Å². The molecule has 1 aliphatic carbocycles. The Morgan fingerprint density at radius 3 is 2.65 bits per heavy atom. The van der Waals surface area contributed by atoms with E-state index in [2.05, 4.69) is 39.4 Å². The van der Waals surface area contributed by atoms with E-state index in [1.54, 1.807) is 6.20 Å². The summed E-state index contributed by atoms with van der Waals surface area (Å²) < 4.78 is 0. The minimum Gasteiger partial charge on any atom is -0.341 e. The second-order valence-corrected chi connectivity index (χ2v) is 6.90. The number of nitrogens with one attached hydrogen (secondary N) is 1. The average molecular weight is 309 g/mol. The van der Waals surface area contributed by atoms with Crippen molar-refractivity contribution in [1.82, 2.24) is 15.1 Å². The molecule has 1 N–H and O–H groups in total. The smallest absolute Gasteiger partial charge is 0.233 e. The topological polar surface area (TPSA) is 49.0 Å². The summed E-state index contributed by atoms with van der Waals surface area (Å²) >= 11 is 0. The molecule has 1 saturated heterocycles. The maximum Gasteiger partial charge on any atom is 0.233 e. The fourth-order valence-electron chi connectivity index (χ4n) is 4.36. The van der Waals surface area contributed by atoms with Gasteiger partial charge in [0.2, 0.25) is 5.91 Å². The molecule has 1 atom stereocenters. The molecule has 2 fully saturated rings.